The van der Waals surface area contributed by atoms with E-state index in [-0.39, 0.29) is 17.4 Å². The van der Waals surface area contributed by atoms with E-state index in [2.05, 4.69) is 60.2 Å². The molecule has 1 aromatic heterocycles. The van der Waals surface area contributed by atoms with Gasteiger partial charge in [0.2, 0.25) is 0 Å². The summed E-state index contributed by atoms with van der Waals surface area (Å²) in [4.78, 5) is 19.9. The Labute approximate surface area is 147 Å². The van der Waals surface area contributed by atoms with E-state index in [0.29, 0.717) is 4.88 Å². The lowest BCUT2D eigenvalue weighted by atomic mass is 9.98. The second-order valence-electron chi connectivity index (χ2n) is 7.35. The first kappa shape index (κ1) is 17.0. The van der Waals surface area contributed by atoms with Gasteiger partial charge >= 0.3 is 0 Å². The van der Waals surface area contributed by atoms with E-state index in [1.165, 1.54) is 17.0 Å². The van der Waals surface area contributed by atoms with Crippen molar-refractivity contribution in [2.24, 2.45) is 0 Å². The number of rotatable bonds is 3. The van der Waals surface area contributed by atoms with Crippen LogP contribution in [0.15, 0.2) is 36.5 Å². The molecule has 128 valence electrons. The van der Waals surface area contributed by atoms with Crippen LogP contribution in [0.5, 0.6) is 0 Å². The molecule has 1 saturated heterocycles. The standard InChI is InChI=1S/C19H25N3OS/c1-19(2,3)18-20-13-16(24-18)17(23)21-14-9-11-22(12-10-14)15-7-5-4-6-8-15/h4-8,13-14H,9-12H2,1-3H3,(H,21,23). The minimum atomic E-state index is -0.00970. The summed E-state index contributed by atoms with van der Waals surface area (Å²) in [5.41, 5.74) is 1.25. The number of amides is 1. The zero-order valence-corrected chi connectivity index (χ0v) is 15.4. The fourth-order valence-corrected chi connectivity index (χ4v) is 3.78. The molecular formula is C19H25N3OS. The molecule has 3 rings (SSSR count). The average molecular weight is 343 g/mol. The molecule has 1 N–H and O–H groups in total. The molecule has 0 spiro atoms. The second-order valence-corrected chi connectivity index (χ2v) is 8.38. The molecule has 0 radical (unpaired) electrons. The van der Waals surface area contributed by atoms with Gasteiger partial charge in [0.15, 0.2) is 0 Å². The third-order valence-corrected chi connectivity index (χ3v) is 5.74. The maximum Gasteiger partial charge on any atom is 0.263 e. The molecule has 0 saturated carbocycles. The predicted octanol–water partition coefficient (Wildman–Crippen LogP) is 3.84. The summed E-state index contributed by atoms with van der Waals surface area (Å²) < 4.78 is 0. The minimum absolute atomic E-state index is 0.00970. The summed E-state index contributed by atoms with van der Waals surface area (Å²) in [6, 6.07) is 10.7. The maximum atomic E-state index is 12.5. The van der Waals surface area contributed by atoms with Gasteiger partial charge in [-0.3, -0.25) is 4.79 Å². The van der Waals surface area contributed by atoms with Gasteiger partial charge < -0.3 is 10.2 Å². The van der Waals surface area contributed by atoms with Crippen molar-refractivity contribution < 1.29 is 4.79 Å². The molecule has 0 atom stereocenters. The smallest absolute Gasteiger partial charge is 0.263 e. The number of para-hydroxylation sites is 1. The number of anilines is 1. The summed E-state index contributed by atoms with van der Waals surface area (Å²) in [7, 11) is 0. The van der Waals surface area contributed by atoms with E-state index in [4.69, 9.17) is 0 Å². The number of thiazole rings is 1. The normalized spacial score (nSPS) is 16.2. The van der Waals surface area contributed by atoms with E-state index in [1.54, 1.807) is 6.20 Å². The fourth-order valence-electron chi connectivity index (χ4n) is 2.90. The lowest BCUT2D eigenvalue weighted by molar-refractivity contribution is 0.0935. The third kappa shape index (κ3) is 3.96. The molecule has 2 heterocycles. The highest BCUT2D eigenvalue weighted by atomic mass is 32.1. The highest BCUT2D eigenvalue weighted by Gasteiger charge is 2.24. The van der Waals surface area contributed by atoms with Crippen molar-refractivity contribution in [1.29, 1.82) is 0 Å². The van der Waals surface area contributed by atoms with Gasteiger partial charge in [-0.1, -0.05) is 39.0 Å². The predicted molar refractivity (Wildman–Crippen MR) is 100.0 cm³/mol. The first-order valence-corrected chi connectivity index (χ1v) is 9.32. The van der Waals surface area contributed by atoms with Crippen molar-refractivity contribution >= 4 is 22.9 Å². The molecule has 0 unspecified atom stereocenters. The lowest BCUT2D eigenvalue weighted by Crippen LogP contribution is -2.44. The summed E-state index contributed by atoms with van der Waals surface area (Å²) in [6.45, 7) is 8.31. The van der Waals surface area contributed by atoms with Crippen LogP contribution in [-0.2, 0) is 5.41 Å². The van der Waals surface area contributed by atoms with Crippen LogP contribution in [0.2, 0.25) is 0 Å². The molecule has 2 aromatic rings. The summed E-state index contributed by atoms with van der Waals surface area (Å²) >= 11 is 1.50. The zero-order valence-electron chi connectivity index (χ0n) is 14.6. The molecule has 1 fully saturated rings. The van der Waals surface area contributed by atoms with Crippen LogP contribution < -0.4 is 10.2 Å². The van der Waals surface area contributed by atoms with E-state index in [1.807, 2.05) is 6.07 Å². The number of aromatic nitrogens is 1. The van der Waals surface area contributed by atoms with Crippen molar-refractivity contribution in [2.45, 2.75) is 45.1 Å². The highest BCUT2D eigenvalue weighted by molar-refractivity contribution is 7.13. The Morgan fingerprint density at radius 2 is 1.88 bits per heavy atom. The molecule has 1 amide bonds. The van der Waals surface area contributed by atoms with Gasteiger partial charge in [-0.25, -0.2) is 4.98 Å². The molecule has 1 aromatic carbocycles. The Kier molecular flexibility index (Phi) is 4.90. The van der Waals surface area contributed by atoms with Crippen LogP contribution in [0.1, 0.15) is 48.3 Å². The third-order valence-electron chi connectivity index (χ3n) is 4.32. The Bertz CT molecular complexity index is 682. The molecule has 24 heavy (non-hydrogen) atoms. The van der Waals surface area contributed by atoms with Gasteiger partial charge in [0.25, 0.3) is 5.91 Å². The van der Waals surface area contributed by atoms with Gasteiger partial charge in [-0.15, -0.1) is 11.3 Å². The van der Waals surface area contributed by atoms with Crippen LogP contribution in [0.4, 0.5) is 5.69 Å². The second kappa shape index (κ2) is 6.93. The monoisotopic (exact) mass is 343 g/mol. The van der Waals surface area contributed by atoms with Crippen LogP contribution in [0, 0.1) is 0 Å². The first-order chi connectivity index (χ1) is 11.4. The fraction of sp³-hybridized carbons (Fsp3) is 0.474. The SMILES string of the molecule is CC(C)(C)c1ncc(C(=O)NC2CCN(c3ccccc3)CC2)s1. The van der Waals surface area contributed by atoms with E-state index < -0.39 is 0 Å². The number of piperidine rings is 1. The Morgan fingerprint density at radius 3 is 2.46 bits per heavy atom. The minimum Gasteiger partial charge on any atom is -0.371 e. The number of carbonyl (C=O) groups excluding carboxylic acids is 1. The molecule has 0 aliphatic carbocycles. The van der Waals surface area contributed by atoms with E-state index in [0.717, 1.165) is 30.9 Å². The van der Waals surface area contributed by atoms with Crippen molar-refractivity contribution in [3.8, 4) is 0 Å². The number of hydrogen-bond acceptors (Lipinski definition) is 4. The highest BCUT2D eigenvalue weighted by Crippen LogP contribution is 2.27. The number of nitrogens with one attached hydrogen (secondary N) is 1. The van der Waals surface area contributed by atoms with Crippen molar-refractivity contribution in [3.05, 3.63) is 46.4 Å². The molecular weight excluding hydrogens is 318 g/mol. The van der Waals surface area contributed by atoms with Crippen molar-refractivity contribution in [3.63, 3.8) is 0 Å². The van der Waals surface area contributed by atoms with Gasteiger partial charge in [0.05, 0.1) is 11.2 Å². The molecule has 1 aliphatic heterocycles. The van der Waals surface area contributed by atoms with E-state index >= 15 is 0 Å². The Balaban J connectivity index is 1.54. The average Bonchev–Trinajstić information content (AvgIpc) is 3.07. The van der Waals surface area contributed by atoms with Gasteiger partial charge in [0.1, 0.15) is 4.88 Å². The van der Waals surface area contributed by atoms with Crippen molar-refractivity contribution in [2.75, 3.05) is 18.0 Å². The maximum absolute atomic E-state index is 12.5. The van der Waals surface area contributed by atoms with Crippen LogP contribution >= 0.6 is 11.3 Å². The van der Waals surface area contributed by atoms with Crippen LogP contribution in [0.3, 0.4) is 0 Å². The van der Waals surface area contributed by atoms with Gasteiger partial charge in [0, 0.05) is 30.2 Å². The molecule has 4 nitrogen and oxygen atoms in total. The number of benzene rings is 1. The number of carbonyl (C=O) groups is 1. The summed E-state index contributed by atoms with van der Waals surface area (Å²) in [5, 5.41) is 4.18. The molecule has 5 heteroatoms. The number of nitrogens with zero attached hydrogens (tertiary/aromatic N) is 2. The van der Waals surface area contributed by atoms with Crippen molar-refractivity contribution in [1.82, 2.24) is 10.3 Å². The molecule has 0 bridgehead atoms. The van der Waals surface area contributed by atoms with E-state index in [9.17, 15) is 4.79 Å². The van der Waals surface area contributed by atoms with Crippen LogP contribution in [0.25, 0.3) is 0 Å². The van der Waals surface area contributed by atoms with Gasteiger partial charge in [-0.05, 0) is 25.0 Å². The molecule has 1 aliphatic rings. The lowest BCUT2D eigenvalue weighted by Gasteiger charge is -2.33. The van der Waals surface area contributed by atoms with Gasteiger partial charge in [-0.2, -0.15) is 0 Å². The largest absolute Gasteiger partial charge is 0.371 e. The number of hydrogen-bond donors (Lipinski definition) is 1. The topological polar surface area (TPSA) is 45.2 Å². The van der Waals surface area contributed by atoms with Crippen LogP contribution in [-0.4, -0.2) is 30.0 Å². The first-order valence-electron chi connectivity index (χ1n) is 8.50. The Hall–Kier alpha value is -1.88. The zero-order chi connectivity index (χ0) is 17.2. The summed E-state index contributed by atoms with van der Waals surface area (Å²) in [6.07, 6.45) is 3.66. The quantitative estimate of drug-likeness (QED) is 0.921. The summed E-state index contributed by atoms with van der Waals surface area (Å²) in [5.74, 6) is 0.0150. The Morgan fingerprint density at radius 1 is 1.21 bits per heavy atom.